The molecule has 3 aromatic rings. The van der Waals surface area contributed by atoms with Crippen LogP contribution < -0.4 is 0 Å². The smallest absolute Gasteiger partial charge is 0.262 e. The quantitative estimate of drug-likeness (QED) is 0.554. The van der Waals surface area contributed by atoms with Crippen LogP contribution in [0.2, 0.25) is 0 Å². The summed E-state index contributed by atoms with van der Waals surface area (Å²) in [6.07, 6.45) is 1.68. The van der Waals surface area contributed by atoms with Crippen LogP contribution in [-0.2, 0) is 6.42 Å². The van der Waals surface area contributed by atoms with Gasteiger partial charge in [-0.25, -0.2) is 4.39 Å². The van der Waals surface area contributed by atoms with Crippen LogP contribution in [0.1, 0.15) is 65.2 Å². The molecule has 2 atom stereocenters. The van der Waals surface area contributed by atoms with Crippen molar-refractivity contribution < 1.29 is 14.0 Å². The van der Waals surface area contributed by atoms with E-state index >= 15 is 0 Å². The molecular formula is C24H23FN2O2. The normalized spacial score (nSPS) is 15.7. The summed E-state index contributed by atoms with van der Waals surface area (Å²) in [5.41, 5.74) is 3.09. The zero-order chi connectivity index (χ0) is 20.7. The number of aromatic nitrogens is 1. The van der Waals surface area contributed by atoms with Crippen LogP contribution >= 0.6 is 0 Å². The van der Waals surface area contributed by atoms with Crippen LogP contribution in [0.15, 0.2) is 48.5 Å². The largest absolute Gasteiger partial charge is 0.269 e. The maximum Gasteiger partial charge on any atom is 0.262 e. The van der Waals surface area contributed by atoms with Crippen LogP contribution in [0, 0.1) is 11.7 Å². The number of hydrogen-bond acceptors (Lipinski definition) is 3. The number of imide groups is 1. The van der Waals surface area contributed by atoms with Crippen molar-refractivity contribution in [1.82, 2.24) is 9.88 Å². The van der Waals surface area contributed by atoms with E-state index < -0.39 is 6.04 Å². The van der Waals surface area contributed by atoms with Gasteiger partial charge in [-0.1, -0.05) is 32.4 Å². The van der Waals surface area contributed by atoms with Gasteiger partial charge in [0.1, 0.15) is 5.82 Å². The minimum absolute atomic E-state index is 0.285. The second-order valence-corrected chi connectivity index (χ2v) is 7.78. The zero-order valence-corrected chi connectivity index (χ0v) is 16.8. The summed E-state index contributed by atoms with van der Waals surface area (Å²) in [6.45, 7) is 6.10. The first-order valence-corrected chi connectivity index (χ1v) is 9.96. The lowest BCUT2D eigenvalue weighted by atomic mass is 9.94. The number of pyridine rings is 1. The molecule has 148 valence electrons. The Hall–Kier alpha value is -3.08. The average molecular weight is 390 g/mol. The number of halogens is 1. The molecule has 1 aliphatic rings. The van der Waals surface area contributed by atoms with Crippen LogP contribution in [0.3, 0.4) is 0 Å². The maximum absolute atomic E-state index is 13.7. The first kappa shape index (κ1) is 19.2. The molecule has 0 saturated heterocycles. The van der Waals surface area contributed by atoms with E-state index in [-0.39, 0.29) is 17.6 Å². The van der Waals surface area contributed by atoms with E-state index in [0.717, 1.165) is 23.1 Å². The molecule has 2 heterocycles. The summed E-state index contributed by atoms with van der Waals surface area (Å²) >= 11 is 0. The molecule has 0 unspecified atom stereocenters. The first-order valence-electron chi connectivity index (χ1n) is 9.96. The fourth-order valence-electron chi connectivity index (χ4n) is 3.89. The molecule has 0 N–H and O–H groups in total. The van der Waals surface area contributed by atoms with Crippen molar-refractivity contribution in [2.24, 2.45) is 5.92 Å². The lowest BCUT2D eigenvalue weighted by molar-refractivity contribution is 0.0594. The Morgan fingerprint density at radius 2 is 1.66 bits per heavy atom. The van der Waals surface area contributed by atoms with Gasteiger partial charge in [0, 0.05) is 17.1 Å². The van der Waals surface area contributed by atoms with Gasteiger partial charge in [0.05, 0.1) is 22.7 Å². The third kappa shape index (κ3) is 3.31. The first-order chi connectivity index (χ1) is 13.9. The number of nitrogens with zero attached hydrogens (tertiary/aromatic N) is 2. The third-order valence-electron chi connectivity index (χ3n) is 5.79. The molecule has 4 rings (SSSR count). The van der Waals surface area contributed by atoms with Gasteiger partial charge in [0.25, 0.3) is 11.8 Å². The van der Waals surface area contributed by atoms with Crippen molar-refractivity contribution in [2.75, 3.05) is 0 Å². The number of benzene rings is 2. The van der Waals surface area contributed by atoms with Gasteiger partial charge in [0.2, 0.25) is 0 Å². The summed E-state index contributed by atoms with van der Waals surface area (Å²) in [4.78, 5) is 32.0. The molecule has 4 nitrogen and oxygen atoms in total. The monoisotopic (exact) mass is 390 g/mol. The highest BCUT2D eigenvalue weighted by molar-refractivity contribution is 6.21. The molecular weight excluding hydrogens is 367 g/mol. The van der Waals surface area contributed by atoms with Crippen molar-refractivity contribution >= 4 is 22.7 Å². The number of carbonyl (C=O) groups is 2. The lowest BCUT2D eigenvalue weighted by Gasteiger charge is -2.26. The molecule has 0 radical (unpaired) electrons. The van der Waals surface area contributed by atoms with E-state index in [1.165, 1.54) is 17.0 Å². The van der Waals surface area contributed by atoms with Crippen LogP contribution in [-0.4, -0.2) is 21.7 Å². The third-order valence-corrected chi connectivity index (χ3v) is 5.79. The van der Waals surface area contributed by atoms with Crippen LogP contribution in [0.25, 0.3) is 10.9 Å². The van der Waals surface area contributed by atoms with Crippen molar-refractivity contribution in [3.63, 3.8) is 0 Å². The van der Waals surface area contributed by atoms with E-state index in [4.69, 9.17) is 4.98 Å². The molecule has 0 fully saturated rings. The van der Waals surface area contributed by atoms with E-state index in [9.17, 15) is 14.0 Å². The fraction of sp³-hybridized carbons (Fsp3) is 0.292. The minimum Gasteiger partial charge on any atom is -0.269 e. The topological polar surface area (TPSA) is 50.3 Å². The maximum atomic E-state index is 13.7. The van der Waals surface area contributed by atoms with Gasteiger partial charge in [-0.2, -0.15) is 0 Å². The second kappa shape index (κ2) is 7.39. The summed E-state index contributed by atoms with van der Waals surface area (Å²) in [6, 6.07) is 12.9. The van der Waals surface area contributed by atoms with Gasteiger partial charge < -0.3 is 0 Å². The number of hydrogen-bond donors (Lipinski definition) is 0. The highest BCUT2D eigenvalue weighted by Crippen LogP contribution is 2.34. The van der Waals surface area contributed by atoms with E-state index in [1.54, 1.807) is 30.3 Å². The predicted octanol–water partition coefficient (Wildman–Crippen LogP) is 5.32. The highest BCUT2D eigenvalue weighted by atomic mass is 19.1. The van der Waals surface area contributed by atoms with Crippen molar-refractivity contribution in [3.8, 4) is 0 Å². The van der Waals surface area contributed by atoms with Crippen LogP contribution in [0.4, 0.5) is 4.39 Å². The van der Waals surface area contributed by atoms with Gasteiger partial charge in [-0.3, -0.25) is 19.5 Å². The van der Waals surface area contributed by atoms with Gasteiger partial charge in [-0.05, 0) is 55.2 Å². The molecule has 0 saturated carbocycles. The summed E-state index contributed by atoms with van der Waals surface area (Å²) in [5, 5.41) is 0.790. The van der Waals surface area contributed by atoms with E-state index in [0.29, 0.717) is 29.0 Å². The minimum atomic E-state index is -0.469. The predicted molar refractivity (Wildman–Crippen MR) is 110 cm³/mol. The molecule has 2 aromatic carbocycles. The highest BCUT2D eigenvalue weighted by Gasteiger charge is 2.39. The molecule has 5 heteroatoms. The van der Waals surface area contributed by atoms with Crippen molar-refractivity contribution in [1.29, 1.82) is 0 Å². The molecule has 1 aromatic heterocycles. The van der Waals surface area contributed by atoms with Crippen molar-refractivity contribution in [2.45, 2.75) is 39.7 Å². The number of fused-ring (bicyclic) bond motifs is 2. The lowest BCUT2D eigenvalue weighted by Crippen LogP contribution is -2.33. The molecule has 1 aliphatic heterocycles. The molecule has 29 heavy (non-hydrogen) atoms. The van der Waals surface area contributed by atoms with Gasteiger partial charge in [0.15, 0.2) is 0 Å². The molecule has 2 amide bonds. The SMILES string of the molecule is CC[C@@H](C)Cc1nc2cc(F)ccc2cc1[C@H](C)N1C(=O)c2ccccc2C1=O. The Labute approximate surface area is 169 Å². The second-order valence-electron chi connectivity index (χ2n) is 7.78. The molecule has 0 aliphatic carbocycles. The summed E-state index contributed by atoms with van der Waals surface area (Å²) in [7, 11) is 0. The standard InChI is InChI=1S/C24H23FN2O2/c1-4-14(2)11-22-20(12-16-9-10-17(25)13-21(16)26-22)15(3)27-23(28)18-7-5-6-8-19(18)24(27)29/h5-10,12-15H,4,11H2,1-3H3/t14-,15+/m1/s1. The summed E-state index contributed by atoms with van der Waals surface area (Å²) < 4.78 is 13.7. The Morgan fingerprint density at radius 3 is 2.28 bits per heavy atom. The van der Waals surface area contributed by atoms with Crippen LogP contribution in [0.5, 0.6) is 0 Å². The van der Waals surface area contributed by atoms with E-state index in [1.807, 2.05) is 13.0 Å². The Morgan fingerprint density at radius 1 is 1.00 bits per heavy atom. The van der Waals surface area contributed by atoms with Crippen molar-refractivity contribution in [3.05, 3.63) is 76.7 Å². The Kier molecular flexibility index (Phi) is 4.91. The summed E-state index contributed by atoms with van der Waals surface area (Å²) in [5.74, 6) is -0.527. The molecule has 0 bridgehead atoms. The molecule has 0 spiro atoms. The number of rotatable bonds is 5. The van der Waals surface area contributed by atoms with E-state index in [2.05, 4.69) is 13.8 Å². The number of amides is 2. The Balaban J connectivity index is 1.81. The van der Waals surface area contributed by atoms with Gasteiger partial charge in [-0.15, -0.1) is 0 Å². The fourth-order valence-corrected chi connectivity index (χ4v) is 3.89. The van der Waals surface area contributed by atoms with Gasteiger partial charge >= 0.3 is 0 Å². The zero-order valence-electron chi connectivity index (χ0n) is 16.8. The Bertz CT molecular complexity index is 1090. The average Bonchev–Trinajstić information content (AvgIpc) is 2.97. The number of carbonyl (C=O) groups excluding carboxylic acids is 2.